The predicted octanol–water partition coefficient (Wildman–Crippen LogP) is 2.37. The van der Waals surface area contributed by atoms with Crippen molar-refractivity contribution in [2.45, 2.75) is 6.43 Å². The maximum atomic E-state index is 12.3. The van der Waals surface area contributed by atoms with Crippen LogP contribution in [0.25, 0.3) is 0 Å². The Morgan fingerprint density at radius 3 is 2.69 bits per heavy atom. The quantitative estimate of drug-likeness (QED) is 0.880. The molecular weight excluding hydrogens is 246 g/mol. The second-order valence-electron chi connectivity index (χ2n) is 2.25. The van der Waals surface area contributed by atoms with Crippen LogP contribution >= 0.6 is 15.9 Å². The van der Waals surface area contributed by atoms with Crippen molar-refractivity contribution < 1.29 is 13.5 Å². The molecular formula is C7H7BrF2N2O. The molecule has 72 valence electrons. The van der Waals surface area contributed by atoms with E-state index in [1.54, 1.807) is 0 Å². The number of methoxy groups -OCH3 is 1. The molecule has 0 spiro atoms. The summed E-state index contributed by atoms with van der Waals surface area (Å²) in [5.74, 6) is -0.0167. The highest BCUT2D eigenvalue weighted by Gasteiger charge is 2.15. The summed E-state index contributed by atoms with van der Waals surface area (Å²) in [5.41, 5.74) is 4.98. The lowest BCUT2D eigenvalue weighted by molar-refractivity contribution is 0.151. The maximum absolute atomic E-state index is 12.3. The lowest BCUT2D eigenvalue weighted by Crippen LogP contribution is -2.00. The Hall–Kier alpha value is -0.910. The minimum atomic E-state index is -2.63. The van der Waals surface area contributed by atoms with Crippen molar-refractivity contribution >= 4 is 21.7 Å². The second-order valence-corrected chi connectivity index (χ2v) is 3.11. The van der Waals surface area contributed by atoms with Gasteiger partial charge in [0.2, 0.25) is 5.88 Å². The molecule has 0 radical (unpaired) electrons. The molecule has 0 aliphatic heterocycles. The molecule has 0 aliphatic carbocycles. The second kappa shape index (κ2) is 3.87. The average molecular weight is 253 g/mol. The Bertz CT molecular complexity index is 320. The molecule has 0 bridgehead atoms. The first kappa shape index (κ1) is 10.2. The number of alkyl halides is 2. The maximum Gasteiger partial charge on any atom is 0.267 e. The number of pyridine rings is 1. The molecule has 0 aromatic carbocycles. The molecule has 1 heterocycles. The summed E-state index contributed by atoms with van der Waals surface area (Å²) in [6, 6.07) is 1.20. The normalized spacial score (nSPS) is 10.5. The van der Waals surface area contributed by atoms with Crippen LogP contribution in [0, 0.1) is 0 Å². The molecule has 0 saturated heterocycles. The summed E-state index contributed by atoms with van der Waals surface area (Å²) >= 11 is 3.03. The van der Waals surface area contributed by atoms with Crippen LogP contribution in [0.4, 0.5) is 14.6 Å². The Morgan fingerprint density at radius 1 is 1.62 bits per heavy atom. The van der Waals surface area contributed by atoms with Gasteiger partial charge >= 0.3 is 0 Å². The number of halogens is 3. The monoisotopic (exact) mass is 252 g/mol. The number of ether oxygens (including phenoxy) is 1. The van der Waals surface area contributed by atoms with Gasteiger partial charge < -0.3 is 10.5 Å². The zero-order valence-corrected chi connectivity index (χ0v) is 8.31. The number of hydrogen-bond acceptors (Lipinski definition) is 3. The van der Waals surface area contributed by atoms with Crippen molar-refractivity contribution in [3.05, 3.63) is 16.1 Å². The number of nitrogens with zero attached hydrogens (tertiary/aromatic N) is 1. The molecule has 1 rings (SSSR count). The summed E-state index contributed by atoms with van der Waals surface area (Å²) in [7, 11) is 1.38. The van der Waals surface area contributed by atoms with Crippen LogP contribution in [-0.4, -0.2) is 12.1 Å². The Kier molecular flexibility index (Phi) is 3.02. The highest BCUT2D eigenvalue weighted by Crippen LogP contribution is 2.31. The molecule has 0 aliphatic rings. The van der Waals surface area contributed by atoms with E-state index in [0.717, 1.165) is 0 Å². The van der Waals surface area contributed by atoms with Gasteiger partial charge in [-0.15, -0.1) is 0 Å². The highest BCUT2D eigenvalue weighted by atomic mass is 79.9. The lowest BCUT2D eigenvalue weighted by Gasteiger charge is -2.07. The molecule has 0 fully saturated rings. The van der Waals surface area contributed by atoms with E-state index in [4.69, 9.17) is 10.5 Å². The van der Waals surface area contributed by atoms with E-state index in [1.165, 1.54) is 13.2 Å². The molecule has 3 nitrogen and oxygen atoms in total. The minimum absolute atomic E-state index is 0.196. The molecule has 6 heteroatoms. The smallest absolute Gasteiger partial charge is 0.267 e. The molecule has 2 N–H and O–H groups in total. The van der Waals surface area contributed by atoms with E-state index in [-0.39, 0.29) is 17.3 Å². The third-order valence-corrected chi connectivity index (χ3v) is 2.00. The fraction of sp³-hybridized carbons (Fsp3) is 0.286. The summed E-state index contributed by atoms with van der Waals surface area (Å²) in [5, 5.41) is 0. The van der Waals surface area contributed by atoms with Gasteiger partial charge in [-0.05, 0) is 22.0 Å². The number of aromatic nitrogens is 1. The van der Waals surface area contributed by atoms with Crippen LogP contribution in [0.15, 0.2) is 10.5 Å². The summed E-state index contributed by atoms with van der Waals surface area (Å²) in [4.78, 5) is 3.64. The Labute approximate surface area is 82.0 Å². The lowest BCUT2D eigenvalue weighted by atomic mass is 10.2. The van der Waals surface area contributed by atoms with Crippen molar-refractivity contribution in [2.75, 3.05) is 12.8 Å². The van der Waals surface area contributed by atoms with E-state index in [2.05, 4.69) is 20.9 Å². The number of hydrogen-bond donors (Lipinski definition) is 1. The van der Waals surface area contributed by atoms with Crippen LogP contribution in [0.3, 0.4) is 0 Å². The summed E-state index contributed by atoms with van der Waals surface area (Å²) in [6.45, 7) is 0. The first-order valence-corrected chi connectivity index (χ1v) is 4.13. The van der Waals surface area contributed by atoms with Gasteiger partial charge in [0.05, 0.1) is 17.1 Å². The third kappa shape index (κ3) is 2.06. The van der Waals surface area contributed by atoms with E-state index in [1.807, 2.05) is 0 Å². The van der Waals surface area contributed by atoms with Crippen LogP contribution in [0.2, 0.25) is 0 Å². The van der Waals surface area contributed by atoms with Gasteiger partial charge in [-0.2, -0.15) is 4.98 Å². The number of anilines is 1. The fourth-order valence-corrected chi connectivity index (χ4v) is 1.31. The van der Waals surface area contributed by atoms with Crippen molar-refractivity contribution in [1.29, 1.82) is 0 Å². The van der Waals surface area contributed by atoms with E-state index in [0.29, 0.717) is 4.47 Å². The average Bonchev–Trinajstić information content (AvgIpc) is 2.07. The van der Waals surface area contributed by atoms with Crippen molar-refractivity contribution in [2.24, 2.45) is 0 Å². The van der Waals surface area contributed by atoms with Crippen LogP contribution in [0.1, 0.15) is 12.0 Å². The molecule has 1 aromatic rings. The fourth-order valence-electron chi connectivity index (χ4n) is 0.817. The van der Waals surface area contributed by atoms with Crippen molar-refractivity contribution in [3.63, 3.8) is 0 Å². The summed E-state index contributed by atoms with van der Waals surface area (Å²) < 4.78 is 29.7. The van der Waals surface area contributed by atoms with Crippen molar-refractivity contribution in [3.8, 4) is 5.88 Å². The molecule has 0 unspecified atom stereocenters. The molecule has 0 saturated carbocycles. The zero-order chi connectivity index (χ0) is 10.0. The largest absolute Gasteiger partial charge is 0.480 e. The molecule has 0 atom stereocenters. The number of rotatable bonds is 2. The van der Waals surface area contributed by atoms with Gasteiger partial charge in [-0.1, -0.05) is 0 Å². The number of nitrogen functional groups attached to an aromatic ring is 1. The first-order chi connectivity index (χ1) is 6.06. The van der Waals surface area contributed by atoms with Gasteiger partial charge in [0, 0.05) is 0 Å². The zero-order valence-electron chi connectivity index (χ0n) is 6.72. The highest BCUT2D eigenvalue weighted by molar-refractivity contribution is 9.10. The van der Waals surface area contributed by atoms with Crippen LogP contribution in [0.5, 0.6) is 5.88 Å². The van der Waals surface area contributed by atoms with E-state index >= 15 is 0 Å². The molecule has 1 aromatic heterocycles. The summed E-state index contributed by atoms with van der Waals surface area (Å²) in [6.07, 6.45) is -2.63. The van der Waals surface area contributed by atoms with Gasteiger partial charge in [-0.3, -0.25) is 0 Å². The SMILES string of the molecule is COc1nc(N)c(C(F)F)cc1Br. The van der Waals surface area contributed by atoms with E-state index < -0.39 is 6.43 Å². The topological polar surface area (TPSA) is 48.1 Å². The van der Waals surface area contributed by atoms with Gasteiger partial charge in [0.15, 0.2) is 0 Å². The third-order valence-electron chi connectivity index (χ3n) is 1.43. The minimum Gasteiger partial charge on any atom is -0.480 e. The van der Waals surface area contributed by atoms with Gasteiger partial charge in [-0.25, -0.2) is 8.78 Å². The predicted molar refractivity (Wildman–Crippen MR) is 47.9 cm³/mol. The Balaban J connectivity index is 3.20. The van der Waals surface area contributed by atoms with Gasteiger partial charge in [0.25, 0.3) is 6.43 Å². The first-order valence-electron chi connectivity index (χ1n) is 3.34. The van der Waals surface area contributed by atoms with Gasteiger partial charge in [0.1, 0.15) is 5.82 Å². The van der Waals surface area contributed by atoms with Crippen molar-refractivity contribution in [1.82, 2.24) is 4.98 Å². The Morgan fingerprint density at radius 2 is 2.23 bits per heavy atom. The standard InChI is InChI=1S/C7H7BrF2N2O/c1-13-7-4(8)2-3(5(9)10)6(11)12-7/h2,5H,1H3,(H2,11,12). The molecule has 0 amide bonds. The van der Waals surface area contributed by atoms with Crippen LogP contribution in [-0.2, 0) is 0 Å². The van der Waals surface area contributed by atoms with Crippen LogP contribution < -0.4 is 10.5 Å². The van der Waals surface area contributed by atoms with E-state index in [9.17, 15) is 8.78 Å². The number of nitrogens with two attached hydrogens (primary N) is 1. The molecule has 13 heavy (non-hydrogen) atoms.